The molecule has 0 saturated heterocycles. The van der Waals surface area contributed by atoms with Crippen LogP contribution in [0.15, 0.2) is 0 Å². The Bertz CT molecular complexity index is 299. The fraction of sp³-hybridized carbons (Fsp3) is 0.929. The van der Waals surface area contributed by atoms with Crippen molar-refractivity contribution in [3.05, 3.63) is 0 Å². The third-order valence-corrected chi connectivity index (χ3v) is 5.22. The zero-order valence-corrected chi connectivity index (χ0v) is 12.2. The molecule has 1 amide bonds. The number of carbonyl (C=O) groups excluding carboxylic acids is 1. The molecule has 0 heterocycles. The summed E-state index contributed by atoms with van der Waals surface area (Å²) in [7, 11) is 3.62. The quantitative estimate of drug-likeness (QED) is 0.737. The number of methoxy groups -OCH3 is 1. The van der Waals surface area contributed by atoms with Crippen molar-refractivity contribution in [2.24, 2.45) is 0 Å². The van der Waals surface area contributed by atoms with E-state index in [9.17, 15) is 4.79 Å². The van der Waals surface area contributed by atoms with Crippen LogP contribution in [0.4, 0.5) is 0 Å². The van der Waals surface area contributed by atoms with Crippen molar-refractivity contribution in [3.63, 3.8) is 0 Å². The zero-order valence-electron chi connectivity index (χ0n) is 11.5. The first-order valence-corrected chi connectivity index (χ1v) is 7.46. The standard InChI is InChI=1S/C14H24ClNO2/c1-16(12-7-4-3-6-11(12)15)13(17)10-14(18-2)8-5-9-14/h11-12H,3-10H2,1-2H3. The number of nitrogens with zero attached hydrogens (tertiary/aromatic N) is 1. The van der Waals surface area contributed by atoms with E-state index in [0.717, 1.165) is 25.7 Å². The predicted octanol–water partition coefficient (Wildman–Crippen LogP) is 2.95. The monoisotopic (exact) mass is 273 g/mol. The fourth-order valence-corrected chi connectivity index (χ4v) is 3.56. The van der Waals surface area contributed by atoms with Crippen molar-refractivity contribution in [2.75, 3.05) is 14.2 Å². The third kappa shape index (κ3) is 2.83. The Morgan fingerprint density at radius 3 is 2.50 bits per heavy atom. The Hall–Kier alpha value is -0.280. The average molecular weight is 274 g/mol. The number of rotatable bonds is 4. The highest BCUT2D eigenvalue weighted by Crippen LogP contribution is 2.39. The molecule has 2 saturated carbocycles. The molecular weight excluding hydrogens is 250 g/mol. The molecule has 104 valence electrons. The van der Waals surface area contributed by atoms with Gasteiger partial charge in [-0.05, 0) is 32.1 Å². The number of amides is 1. The Morgan fingerprint density at radius 2 is 2.00 bits per heavy atom. The average Bonchev–Trinajstić information content (AvgIpc) is 2.33. The van der Waals surface area contributed by atoms with E-state index < -0.39 is 0 Å². The molecule has 0 aromatic carbocycles. The van der Waals surface area contributed by atoms with E-state index in [-0.39, 0.29) is 22.9 Å². The van der Waals surface area contributed by atoms with Crippen LogP contribution in [0, 0.1) is 0 Å². The lowest BCUT2D eigenvalue weighted by atomic mass is 9.77. The summed E-state index contributed by atoms with van der Waals surface area (Å²) in [6.07, 6.45) is 8.15. The van der Waals surface area contributed by atoms with Gasteiger partial charge in [0, 0.05) is 20.2 Å². The van der Waals surface area contributed by atoms with Crippen LogP contribution in [0.25, 0.3) is 0 Å². The summed E-state index contributed by atoms with van der Waals surface area (Å²) >= 11 is 6.35. The molecule has 2 aliphatic carbocycles. The summed E-state index contributed by atoms with van der Waals surface area (Å²) in [6, 6.07) is 0.210. The first kappa shape index (κ1) is 14.1. The number of hydrogen-bond acceptors (Lipinski definition) is 2. The normalized spacial score (nSPS) is 30.6. The van der Waals surface area contributed by atoms with E-state index in [4.69, 9.17) is 16.3 Å². The van der Waals surface area contributed by atoms with Gasteiger partial charge in [-0.25, -0.2) is 0 Å². The van der Waals surface area contributed by atoms with Crippen molar-refractivity contribution in [3.8, 4) is 0 Å². The SMILES string of the molecule is COC1(CC(=O)N(C)C2CCCCC2Cl)CCC1. The van der Waals surface area contributed by atoms with Crippen LogP contribution < -0.4 is 0 Å². The van der Waals surface area contributed by atoms with Gasteiger partial charge in [-0.3, -0.25) is 4.79 Å². The smallest absolute Gasteiger partial charge is 0.225 e. The molecule has 4 heteroatoms. The number of ether oxygens (including phenoxy) is 1. The van der Waals surface area contributed by atoms with Gasteiger partial charge in [0.05, 0.1) is 17.4 Å². The highest BCUT2D eigenvalue weighted by atomic mass is 35.5. The lowest BCUT2D eigenvalue weighted by molar-refractivity contribution is -0.145. The van der Waals surface area contributed by atoms with E-state index in [0.29, 0.717) is 6.42 Å². The molecule has 0 aromatic heterocycles. The van der Waals surface area contributed by atoms with E-state index in [2.05, 4.69) is 0 Å². The highest BCUT2D eigenvalue weighted by molar-refractivity contribution is 6.21. The molecule has 0 spiro atoms. The molecular formula is C14H24ClNO2. The number of alkyl halides is 1. The summed E-state index contributed by atoms with van der Waals surface area (Å²) in [5, 5.41) is 0.118. The summed E-state index contributed by atoms with van der Waals surface area (Å²) in [6.45, 7) is 0. The molecule has 2 rings (SSSR count). The zero-order chi connectivity index (χ0) is 13.2. The number of hydrogen-bond donors (Lipinski definition) is 0. The molecule has 18 heavy (non-hydrogen) atoms. The van der Waals surface area contributed by atoms with Crippen LogP contribution in [-0.4, -0.2) is 42.0 Å². The maximum absolute atomic E-state index is 12.3. The van der Waals surface area contributed by atoms with Crippen molar-refractivity contribution in [1.82, 2.24) is 4.90 Å². The number of carbonyl (C=O) groups is 1. The molecule has 3 nitrogen and oxygen atoms in total. The van der Waals surface area contributed by atoms with Gasteiger partial charge in [0.25, 0.3) is 0 Å². The largest absolute Gasteiger partial charge is 0.378 e. The molecule has 0 bridgehead atoms. The maximum atomic E-state index is 12.3. The van der Waals surface area contributed by atoms with Crippen molar-refractivity contribution < 1.29 is 9.53 Å². The molecule has 0 aliphatic heterocycles. The minimum Gasteiger partial charge on any atom is -0.378 e. The highest BCUT2D eigenvalue weighted by Gasteiger charge is 2.41. The molecule has 0 N–H and O–H groups in total. The Labute approximate surface area is 115 Å². The van der Waals surface area contributed by atoms with Gasteiger partial charge in [0.2, 0.25) is 5.91 Å². The molecule has 2 aliphatic rings. The van der Waals surface area contributed by atoms with Crippen LogP contribution in [0.3, 0.4) is 0 Å². The van der Waals surface area contributed by atoms with Crippen LogP contribution in [0.5, 0.6) is 0 Å². The lowest BCUT2D eigenvalue weighted by Crippen LogP contribution is -2.49. The second kappa shape index (κ2) is 5.79. The first-order valence-electron chi connectivity index (χ1n) is 7.03. The molecule has 2 fully saturated rings. The van der Waals surface area contributed by atoms with Crippen LogP contribution in [0.2, 0.25) is 0 Å². The topological polar surface area (TPSA) is 29.5 Å². The predicted molar refractivity (Wildman–Crippen MR) is 72.9 cm³/mol. The van der Waals surface area contributed by atoms with Crippen molar-refractivity contribution in [1.29, 1.82) is 0 Å². The van der Waals surface area contributed by atoms with E-state index in [1.54, 1.807) is 7.11 Å². The molecule has 0 radical (unpaired) electrons. The van der Waals surface area contributed by atoms with Gasteiger partial charge in [0.1, 0.15) is 0 Å². The van der Waals surface area contributed by atoms with Gasteiger partial charge >= 0.3 is 0 Å². The lowest BCUT2D eigenvalue weighted by Gasteiger charge is -2.42. The molecule has 2 atom stereocenters. The minimum absolute atomic E-state index is 0.118. The number of halogens is 1. The summed E-state index contributed by atoms with van der Waals surface area (Å²) < 4.78 is 5.53. The Morgan fingerprint density at radius 1 is 1.33 bits per heavy atom. The van der Waals surface area contributed by atoms with Gasteiger partial charge < -0.3 is 9.64 Å². The second-order valence-corrected chi connectivity index (χ2v) is 6.35. The Balaban J connectivity index is 1.91. The van der Waals surface area contributed by atoms with Gasteiger partial charge in [0.15, 0.2) is 0 Å². The van der Waals surface area contributed by atoms with Crippen molar-refractivity contribution >= 4 is 17.5 Å². The van der Waals surface area contributed by atoms with Crippen molar-refractivity contribution in [2.45, 2.75) is 68.4 Å². The van der Waals surface area contributed by atoms with E-state index >= 15 is 0 Å². The molecule has 0 aromatic rings. The fourth-order valence-electron chi connectivity index (χ4n) is 3.11. The summed E-state index contributed by atoms with van der Waals surface area (Å²) in [5.74, 6) is 0.189. The van der Waals surface area contributed by atoms with E-state index in [1.807, 2.05) is 11.9 Å². The van der Waals surface area contributed by atoms with Gasteiger partial charge in [-0.2, -0.15) is 0 Å². The minimum atomic E-state index is -0.179. The molecule has 2 unspecified atom stereocenters. The van der Waals surface area contributed by atoms with Crippen LogP contribution >= 0.6 is 11.6 Å². The van der Waals surface area contributed by atoms with E-state index in [1.165, 1.54) is 19.3 Å². The summed E-state index contributed by atoms with van der Waals surface area (Å²) in [5.41, 5.74) is -0.179. The van der Waals surface area contributed by atoms with Crippen LogP contribution in [0.1, 0.15) is 51.4 Å². The second-order valence-electron chi connectivity index (χ2n) is 5.79. The Kier molecular flexibility index (Phi) is 4.54. The third-order valence-electron chi connectivity index (χ3n) is 4.71. The van der Waals surface area contributed by atoms with Gasteiger partial charge in [-0.15, -0.1) is 11.6 Å². The van der Waals surface area contributed by atoms with Crippen LogP contribution in [-0.2, 0) is 9.53 Å². The maximum Gasteiger partial charge on any atom is 0.225 e. The first-order chi connectivity index (χ1) is 8.58. The van der Waals surface area contributed by atoms with Gasteiger partial charge in [-0.1, -0.05) is 12.8 Å². The summed E-state index contributed by atoms with van der Waals surface area (Å²) in [4.78, 5) is 14.2.